The first-order chi connectivity index (χ1) is 8.38. The van der Waals surface area contributed by atoms with Crippen molar-refractivity contribution in [1.82, 2.24) is 4.72 Å². The van der Waals surface area contributed by atoms with E-state index in [2.05, 4.69) is 11.6 Å². The van der Waals surface area contributed by atoms with Gasteiger partial charge in [0.15, 0.2) is 0 Å². The van der Waals surface area contributed by atoms with Gasteiger partial charge in [0.2, 0.25) is 10.0 Å². The Morgan fingerprint density at radius 2 is 1.83 bits per heavy atom. The first-order valence-electron chi connectivity index (χ1n) is 6.26. The van der Waals surface area contributed by atoms with Crippen LogP contribution in [0.5, 0.6) is 0 Å². The van der Waals surface area contributed by atoms with E-state index in [4.69, 9.17) is 5.73 Å². The quantitative estimate of drug-likeness (QED) is 0.874. The Balaban J connectivity index is 2.09. The van der Waals surface area contributed by atoms with E-state index in [1.54, 1.807) is 24.3 Å². The minimum absolute atomic E-state index is 0.0813. The average Bonchev–Trinajstić information content (AvgIpc) is 2.27. The zero-order valence-electron chi connectivity index (χ0n) is 10.8. The molecule has 1 atom stereocenters. The second kappa shape index (κ2) is 4.99. The zero-order chi connectivity index (χ0) is 13.3. The summed E-state index contributed by atoms with van der Waals surface area (Å²) in [5, 5.41) is 0. The SMILES string of the molecule is CC1CC(NS(=O)(=O)c2ccc(C(C)N)cc2)C1. The van der Waals surface area contributed by atoms with Crippen molar-refractivity contribution in [3.05, 3.63) is 29.8 Å². The summed E-state index contributed by atoms with van der Waals surface area (Å²) in [6.07, 6.45) is 1.86. The summed E-state index contributed by atoms with van der Waals surface area (Å²) >= 11 is 0. The Kier molecular flexibility index (Phi) is 3.75. The zero-order valence-corrected chi connectivity index (χ0v) is 11.6. The maximum absolute atomic E-state index is 12.1. The number of benzene rings is 1. The highest BCUT2D eigenvalue weighted by Gasteiger charge is 2.29. The van der Waals surface area contributed by atoms with Gasteiger partial charge in [-0.2, -0.15) is 0 Å². The molecule has 1 fully saturated rings. The van der Waals surface area contributed by atoms with E-state index in [1.165, 1.54) is 0 Å². The summed E-state index contributed by atoms with van der Waals surface area (Å²) in [7, 11) is -3.38. The van der Waals surface area contributed by atoms with Crippen LogP contribution in [-0.4, -0.2) is 14.5 Å². The standard InChI is InChI=1S/C13H20N2O2S/c1-9-7-12(8-9)15-18(16,17)13-5-3-11(4-6-13)10(2)14/h3-6,9-10,12,15H,7-8,14H2,1-2H3. The molecular formula is C13H20N2O2S. The van der Waals surface area contributed by atoms with Crippen LogP contribution in [0.15, 0.2) is 29.2 Å². The lowest BCUT2D eigenvalue weighted by atomic mass is 9.83. The molecule has 0 aliphatic heterocycles. The fourth-order valence-electron chi connectivity index (χ4n) is 2.24. The largest absolute Gasteiger partial charge is 0.324 e. The Morgan fingerprint density at radius 3 is 2.28 bits per heavy atom. The van der Waals surface area contributed by atoms with Crippen molar-refractivity contribution in [3.63, 3.8) is 0 Å². The molecule has 0 spiro atoms. The van der Waals surface area contributed by atoms with Gasteiger partial charge in [0, 0.05) is 12.1 Å². The van der Waals surface area contributed by atoms with Gasteiger partial charge in [-0.05, 0) is 43.4 Å². The van der Waals surface area contributed by atoms with E-state index in [1.807, 2.05) is 6.92 Å². The molecule has 1 saturated carbocycles. The van der Waals surface area contributed by atoms with Crippen molar-refractivity contribution in [1.29, 1.82) is 0 Å². The minimum Gasteiger partial charge on any atom is -0.324 e. The number of sulfonamides is 1. The van der Waals surface area contributed by atoms with Gasteiger partial charge in [-0.15, -0.1) is 0 Å². The van der Waals surface area contributed by atoms with Gasteiger partial charge < -0.3 is 5.73 Å². The maximum atomic E-state index is 12.1. The molecule has 1 unspecified atom stereocenters. The lowest BCUT2D eigenvalue weighted by molar-refractivity contribution is 0.270. The summed E-state index contributed by atoms with van der Waals surface area (Å²) < 4.78 is 26.9. The highest BCUT2D eigenvalue weighted by atomic mass is 32.2. The number of hydrogen-bond acceptors (Lipinski definition) is 3. The molecule has 1 aliphatic carbocycles. The predicted octanol–water partition coefficient (Wildman–Crippen LogP) is 1.78. The smallest absolute Gasteiger partial charge is 0.240 e. The predicted molar refractivity (Wildman–Crippen MR) is 71.6 cm³/mol. The molecular weight excluding hydrogens is 248 g/mol. The van der Waals surface area contributed by atoms with Crippen LogP contribution in [0.1, 0.15) is 38.3 Å². The van der Waals surface area contributed by atoms with Gasteiger partial charge in [0.1, 0.15) is 0 Å². The lowest BCUT2D eigenvalue weighted by Crippen LogP contribution is -2.43. The van der Waals surface area contributed by atoms with E-state index in [0.717, 1.165) is 18.4 Å². The molecule has 5 heteroatoms. The van der Waals surface area contributed by atoms with Crippen molar-refractivity contribution in [3.8, 4) is 0 Å². The van der Waals surface area contributed by atoms with Crippen LogP contribution in [0, 0.1) is 5.92 Å². The van der Waals surface area contributed by atoms with Gasteiger partial charge in [0.25, 0.3) is 0 Å². The molecule has 4 nitrogen and oxygen atoms in total. The molecule has 0 radical (unpaired) electrons. The van der Waals surface area contributed by atoms with Gasteiger partial charge in [-0.25, -0.2) is 13.1 Å². The number of rotatable bonds is 4. The Bertz CT molecular complexity index is 502. The third-order valence-corrected chi connectivity index (χ3v) is 4.95. The van der Waals surface area contributed by atoms with E-state index in [9.17, 15) is 8.42 Å². The van der Waals surface area contributed by atoms with Gasteiger partial charge in [-0.3, -0.25) is 0 Å². The molecule has 100 valence electrons. The maximum Gasteiger partial charge on any atom is 0.240 e. The molecule has 0 bridgehead atoms. The van der Waals surface area contributed by atoms with Crippen molar-refractivity contribution in [2.45, 2.75) is 43.7 Å². The summed E-state index contributed by atoms with van der Waals surface area (Å²) in [4.78, 5) is 0.312. The molecule has 0 saturated heterocycles. The van der Waals surface area contributed by atoms with Crippen LogP contribution >= 0.6 is 0 Å². The van der Waals surface area contributed by atoms with Crippen LogP contribution in [0.2, 0.25) is 0 Å². The summed E-state index contributed by atoms with van der Waals surface area (Å²) in [6, 6.07) is 6.78. The number of nitrogens with one attached hydrogen (secondary N) is 1. The van der Waals surface area contributed by atoms with Gasteiger partial charge in [0.05, 0.1) is 4.90 Å². The topological polar surface area (TPSA) is 72.2 Å². The van der Waals surface area contributed by atoms with Gasteiger partial charge >= 0.3 is 0 Å². The summed E-state index contributed by atoms with van der Waals surface area (Å²) in [5.41, 5.74) is 6.67. The van der Waals surface area contributed by atoms with Crippen molar-refractivity contribution >= 4 is 10.0 Å². The molecule has 0 aromatic heterocycles. The summed E-state index contributed by atoms with van der Waals surface area (Å²) in [5.74, 6) is 0.623. The molecule has 1 aliphatic rings. The van der Waals surface area contributed by atoms with Crippen LogP contribution in [-0.2, 0) is 10.0 Å². The highest BCUT2D eigenvalue weighted by molar-refractivity contribution is 7.89. The Hall–Kier alpha value is -0.910. The van der Waals surface area contributed by atoms with Gasteiger partial charge in [-0.1, -0.05) is 19.1 Å². The molecule has 0 heterocycles. The van der Waals surface area contributed by atoms with E-state index in [0.29, 0.717) is 10.8 Å². The molecule has 1 aromatic carbocycles. The third kappa shape index (κ3) is 2.91. The Labute approximate surface area is 109 Å². The van der Waals surface area contributed by atoms with Crippen LogP contribution in [0.25, 0.3) is 0 Å². The molecule has 18 heavy (non-hydrogen) atoms. The number of nitrogens with two attached hydrogens (primary N) is 1. The van der Waals surface area contributed by atoms with Crippen LogP contribution < -0.4 is 10.5 Å². The highest BCUT2D eigenvalue weighted by Crippen LogP contribution is 2.27. The first-order valence-corrected chi connectivity index (χ1v) is 7.74. The molecule has 2 rings (SSSR count). The normalized spacial score (nSPS) is 25.5. The van der Waals surface area contributed by atoms with Crippen LogP contribution in [0.3, 0.4) is 0 Å². The molecule has 1 aromatic rings. The monoisotopic (exact) mass is 268 g/mol. The number of hydrogen-bond donors (Lipinski definition) is 2. The first kappa shape index (κ1) is 13.5. The lowest BCUT2D eigenvalue weighted by Gasteiger charge is -2.32. The fourth-order valence-corrected chi connectivity index (χ4v) is 3.50. The second-order valence-corrected chi connectivity index (χ2v) is 6.97. The fraction of sp³-hybridized carbons (Fsp3) is 0.538. The Morgan fingerprint density at radius 1 is 1.28 bits per heavy atom. The second-order valence-electron chi connectivity index (χ2n) is 5.25. The van der Waals surface area contributed by atoms with Crippen LogP contribution in [0.4, 0.5) is 0 Å². The average molecular weight is 268 g/mol. The minimum atomic E-state index is -3.38. The van der Waals surface area contributed by atoms with Crippen molar-refractivity contribution in [2.24, 2.45) is 11.7 Å². The summed E-state index contributed by atoms with van der Waals surface area (Å²) in [6.45, 7) is 4.00. The van der Waals surface area contributed by atoms with Crippen molar-refractivity contribution < 1.29 is 8.42 Å². The van der Waals surface area contributed by atoms with E-state index in [-0.39, 0.29) is 12.1 Å². The molecule has 3 N–H and O–H groups in total. The van der Waals surface area contributed by atoms with E-state index < -0.39 is 10.0 Å². The molecule has 0 amide bonds. The third-order valence-electron chi connectivity index (χ3n) is 3.41. The van der Waals surface area contributed by atoms with Crippen molar-refractivity contribution in [2.75, 3.05) is 0 Å². The van der Waals surface area contributed by atoms with E-state index >= 15 is 0 Å².